The van der Waals surface area contributed by atoms with Crippen LogP contribution in [0.4, 0.5) is 0 Å². The maximum Gasteiger partial charge on any atom is 0.180 e. The highest BCUT2D eigenvalue weighted by Gasteiger charge is 2.32. The average molecular weight is 310 g/mol. The van der Waals surface area contributed by atoms with Gasteiger partial charge in [-0.05, 0) is 6.42 Å². The van der Waals surface area contributed by atoms with Gasteiger partial charge in [0.2, 0.25) is 0 Å². The predicted octanol–water partition coefficient (Wildman–Crippen LogP) is 1.59. The number of hydrogen-bond donors (Lipinski definition) is 0. The van der Waals surface area contributed by atoms with Crippen LogP contribution in [-0.2, 0) is 14.2 Å². The lowest BCUT2D eigenvalue weighted by Gasteiger charge is -2.34. The molecule has 4 heteroatoms. The summed E-state index contributed by atoms with van der Waals surface area (Å²) >= 11 is 2.39. The highest BCUT2D eigenvalue weighted by Crippen LogP contribution is 2.28. The summed E-state index contributed by atoms with van der Waals surface area (Å²) in [5.41, 5.74) is 0. The lowest BCUT2D eigenvalue weighted by molar-refractivity contribution is -0.210. The first-order valence-corrected chi connectivity index (χ1v) is 5.71. The number of ether oxygens (including phenoxy) is 3. The van der Waals surface area contributed by atoms with Crippen LogP contribution in [0.25, 0.3) is 0 Å². The molecule has 0 unspecified atom stereocenters. The second-order valence-electron chi connectivity index (χ2n) is 3.28. The minimum atomic E-state index is -0.252. The van der Waals surface area contributed by atoms with E-state index in [4.69, 9.17) is 20.6 Å². The maximum absolute atomic E-state index is 5.51. The molecule has 1 aliphatic heterocycles. The molecule has 1 aliphatic rings. The van der Waals surface area contributed by atoms with Gasteiger partial charge in [-0.2, -0.15) is 0 Å². The van der Waals surface area contributed by atoms with Gasteiger partial charge in [-0.25, -0.2) is 0 Å². The predicted molar refractivity (Wildman–Crippen MR) is 62.4 cm³/mol. The molecule has 0 aromatic heterocycles. The molecule has 80 valence electrons. The van der Waals surface area contributed by atoms with Gasteiger partial charge in [0, 0.05) is 0 Å². The van der Waals surface area contributed by atoms with Gasteiger partial charge < -0.3 is 14.2 Å². The van der Waals surface area contributed by atoms with Crippen molar-refractivity contribution in [3.8, 4) is 12.3 Å². The second-order valence-corrected chi connectivity index (χ2v) is 5.56. The minimum Gasteiger partial charge on any atom is -0.364 e. The number of halogens is 1. The summed E-state index contributed by atoms with van der Waals surface area (Å²) in [6.45, 7) is 4.30. The van der Waals surface area contributed by atoms with Crippen molar-refractivity contribution >= 4 is 22.6 Å². The van der Waals surface area contributed by atoms with E-state index in [-0.39, 0.29) is 9.71 Å². The number of terminal acetylenes is 1. The standard InChI is InChI=1S/C10H15IO3/c1-3-5-12-6-9-13-7-10(11,4-2)8-14-9/h1,9H,4-8H2,2H3. The molecule has 1 fully saturated rings. The normalized spacial score (nSPS) is 32.5. The zero-order valence-electron chi connectivity index (χ0n) is 8.29. The van der Waals surface area contributed by atoms with Crippen LogP contribution >= 0.6 is 22.6 Å². The molecule has 0 aromatic rings. The van der Waals surface area contributed by atoms with Crippen LogP contribution < -0.4 is 0 Å². The van der Waals surface area contributed by atoms with Crippen LogP contribution in [-0.4, -0.2) is 36.1 Å². The molecule has 0 N–H and O–H groups in total. The molecule has 0 aromatic carbocycles. The lowest BCUT2D eigenvalue weighted by Crippen LogP contribution is -2.43. The van der Waals surface area contributed by atoms with Crippen LogP contribution in [0.3, 0.4) is 0 Å². The number of rotatable bonds is 4. The summed E-state index contributed by atoms with van der Waals surface area (Å²) in [6.07, 6.45) is 5.85. The highest BCUT2D eigenvalue weighted by molar-refractivity contribution is 14.1. The van der Waals surface area contributed by atoms with Crippen molar-refractivity contribution in [3.05, 3.63) is 0 Å². The Morgan fingerprint density at radius 3 is 2.71 bits per heavy atom. The van der Waals surface area contributed by atoms with Crippen molar-refractivity contribution in [2.75, 3.05) is 26.4 Å². The molecule has 0 amide bonds. The quantitative estimate of drug-likeness (QED) is 0.342. The summed E-state index contributed by atoms with van der Waals surface area (Å²) in [5.74, 6) is 2.40. The topological polar surface area (TPSA) is 27.7 Å². The third-order valence-corrected chi connectivity index (χ3v) is 3.51. The summed E-state index contributed by atoms with van der Waals surface area (Å²) in [4.78, 5) is 0. The zero-order chi connectivity index (χ0) is 10.4. The Balaban J connectivity index is 2.19. The van der Waals surface area contributed by atoms with Crippen molar-refractivity contribution in [1.82, 2.24) is 0 Å². The highest BCUT2D eigenvalue weighted by atomic mass is 127. The molecule has 0 atom stereocenters. The first-order chi connectivity index (χ1) is 6.70. The molecular formula is C10H15IO3. The molecule has 1 saturated heterocycles. The van der Waals surface area contributed by atoms with E-state index in [0.29, 0.717) is 26.4 Å². The van der Waals surface area contributed by atoms with E-state index < -0.39 is 0 Å². The van der Waals surface area contributed by atoms with E-state index in [0.717, 1.165) is 6.42 Å². The first-order valence-electron chi connectivity index (χ1n) is 4.63. The van der Waals surface area contributed by atoms with Gasteiger partial charge >= 0.3 is 0 Å². The van der Waals surface area contributed by atoms with E-state index in [1.807, 2.05) is 0 Å². The molecule has 0 aliphatic carbocycles. The van der Waals surface area contributed by atoms with E-state index in [2.05, 4.69) is 35.4 Å². The Morgan fingerprint density at radius 2 is 2.21 bits per heavy atom. The van der Waals surface area contributed by atoms with E-state index in [1.165, 1.54) is 0 Å². The van der Waals surface area contributed by atoms with Crippen molar-refractivity contribution < 1.29 is 14.2 Å². The molecule has 1 heterocycles. The molecule has 0 spiro atoms. The molecule has 0 radical (unpaired) electrons. The van der Waals surface area contributed by atoms with E-state index in [9.17, 15) is 0 Å². The van der Waals surface area contributed by atoms with Gasteiger partial charge in [0.1, 0.15) is 6.61 Å². The molecule has 0 bridgehead atoms. The Hall–Kier alpha value is 0.170. The van der Waals surface area contributed by atoms with Crippen molar-refractivity contribution in [1.29, 1.82) is 0 Å². The maximum atomic E-state index is 5.51. The van der Waals surface area contributed by atoms with Gasteiger partial charge in [-0.15, -0.1) is 6.42 Å². The fourth-order valence-electron chi connectivity index (χ4n) is 1.09. The minimum absolute atomic E-state index is 0.125. The van der Waals surface area contributed by atoms with Crippen LogP contribution in [0, 0.1) is 12.3 Å². The van der Waals surface area contributed by atoms with Crippen molar-refractivity contribution in [3.63, 3.8) is 0 Å². The van der Waals surface area contributed by atoms with Gasteiger partial charge in [0.05, 0.1) is 23.2 Å². The summed E-state index contributed by atoms with van der Waals surface area (Å²) in [5, 5.41) is 0. The first kappa shape index (κ1) is 12.2. The molecular weight excluding hydrogens is 295 g/mol. The fraction of sp³-hybridized carbons (Fsp3) is 0.800. The Morgan fingerprint density at radius 1 is 1.57 bits per heavy atom. The smallest absolute Gasteiger partial charge is 0.180 e. The van der Waals surface area contributed by atoms with E-state index >= 15 is 0 Å². The summed E-state index contributed by atoms with van der Waals surface area (Å²) < 4.78 is 16.3. The van der Waals surface area contributed by atoms with E-state index in [1.54, 1.807) is 0 Å². The summed E-state index contributed by atoms with van der Waals surface area (Å²) in [6, 6.07) is 0. The SMILES string of the molecule is C#CCOCC1OCC(I)(CC)CO1. The second kappa shape index (κ2) is 5.91. The van der Waals surface area contributed by atoms with Crippen LogP contribution in [0.1, 0.15) is 13.3 Å². The van der Waals surface area contributed by atoms with Crippen LogP contribution in [0.15, 0.2) is 0 Å². The van der Waals surface area contributed by atoms with Crippen LogP contribution in [0.2, 0.25) is 0 Å². The van der Waals surface area contributed by atoms with Crippen LogP contribution in [0.5, 0.6) is 0 Å². The Bertz CT molecular complexity index is 204. The van der Waals surface area contributed by atoms with Gasteiger partial charge in [0.15, 0.2) is 6.29 Å². The third-order valence-electron chi connectivity index (χ3n) is 2.13. The monoisotopic (exact) mass is 310 g/mol. The molecule has 1 rings (SSSR count). The van der Waals surface area contributed by atoms with Gasteiger partial charge in [-0.1, -0.05) is 35.4 Å². The summed E-state index contributed by atoms with van der Waals surface area (Å²) in [7, 11) is 0. The van der Waals surface area contributed by atoms with Gasteiger partial charge in [-0.3, -0.25) is 0 Å². The zero-order valence-corrected chi connectivity index (χ0v) is 10.5. The molecule has 0 saturated carbocycles. The molecule has 14 heavy (non-hydrogen) atoms. The van der Waals surface area contributed by atoms with Gasteiger partial charge in [0.25, 0.3) is 0 Å². The fourth-order valence-corrected chi connectivity index (χ4v) is 1.45. The lowest BCUT2D eigenvalue weighted by atomic mass is 10.1. The van der Waals surface area contributed by atoms with Crippen molar-refractivity contribution in [2.24, 2.45) is 0 Å². The third kappa shape index (κ3) is 3.73. The number of alkyl halides is 1. The number of hydrogen-bond acceptors (Lipinski definition) is 3. The molecule has 3 nitrogen and oxygen atoms in total. The van der Waals surface area contributed by atoms with Crippen molar-refractivity contribution in [2.45, 2.75) is 23.1 Å². The Labute approximate surface area is 98.6 Å². The Kier molecular flexibility index (Phi) is 5.17. The largest absolute Gasteiger partial charge is 0.364 e. The average Bonchev–Trinajstić information content (AvgIpc) is 2.22.